The predicted octanol–water partition coefficient (Wildman–Crippen LogP) is 6.42. The number of carbonyl (C=O) groups is 2. The van der Waals surface area contributed by atoms with E-state index in [1.165, 1.54) is 0 Å². The van der Waals surface area contributed by atoms with E-state index in [9.17, 15) is 9.59 Å². The molecule has 0 radical (unpaired) electrons. The number of nitrogens with zero attached hydrogens (tertiary/aromatic N) is 5. The first-order chi connectivity index (χ1) is 20.8. The summed E-state index contributed by atoms with van der Waals surface area (Å²) in [6.07, 6.45) is 1.77. The molecule has 0 saturated carbocycles. The van der Waals surface area contributed by atoms with Gasteiger partial charge in [0.2, 0.25) is 5.91 Å². The fraction of sp³-hybridized carbons (Fsp3) is 0.312. The second-order valence-corrected chi connectivity index (χ2v) is 12.3. The Morgan fingerprint density at radius 2 is 1.70 bits per heavy atom. The fourth-order valence-electron chi connectivity index (χ4n) is 5.15. The number of ether oxygens (including phenoxy) is 1. The standard InChI is InChI=1S/C32H33Cl2N5O3S/c1-22-21-37(14-15-38(22)31(41)24-18-25(33)20-26(34)19-24)30(40)9-6-16-43-32-36-35-29(17-23-7-4-3-5-8-23)39(32)27-10-12-28(42-2)13-11-27/h3-5,7-8,10-13,18-20,22H,6,9,14-17,21H2,1-2H3. The molecule has 1 unspecified atom stereocenters. The van der Waals surface area contributed by atoms with E-state index in [4.69, 9.17) is 27.9 Å². The molecule has 11 heteroatoms. The predicted molar refractivity (Wildman–Crippen MR) is 171 cm³/mol. The van der Waals surface area contributed by atoms with Gasteiger partial charge in [-0.2, -0.15) is 0 Å². The van der Waals surface area contributed by atoms with Crippen LogP contribution in [0, 0.1) is 0 Å². The highest BCUT2D eigenvalue weighted by Crippen LogP contribution is 2.26. The molecule has 2 heterocycles. The lowest BCUT2D eigenvalue weighted by Gasteiger charge is -2.40. The molecule has 1 aromatic heterocycles. The van der Waals surface area contributed by atoms with Crippen molar-refractivity contribution in [1.82, 2.24) is 24.6 Å². The van der Waals surface area contributed by atoms with Crippen LogP contribution in [0.3, 0.4) is 0 Å². The van der Waals surface area contributed by atoms with Crippen molar-refractivity contribution in [3.63, 3.8) is 0 Å². The van der Waals surface area contributed by atoms with Gasteiger partial charge in [-0.15, -0.1) is 10.2 Å². The second-order valence-electron chi connectivity index (χ2n) is 10.4. The van der Waals surface area contributed by atoms with E-state index in [0.717, 1.165) is 33.7 Å². The number of amides is 2. The van der Waals surface area contributed by atoms with Crippen LogP contribution >= 0.6 is 35.0 Å². The molecule has 0 spiro atoms. The third-order valence-electron chi connectivity index (χ3n) is 7.35. The molecule has 1 aliphatic heterocycles. The quantitative estimate of drug-likeness (QED) is 0.147. The summed E-state index contributed by atoms with van der Waals surface area (Å²) in [4.78, 5) is 29.8. The van der Waals surface area contributed by atoms with Crippen molar-refractivity contribution in [3.8, 4) is 11.4 Å². The molecular formula is C32H33Cl2N5O3S. The largest absolute Gasteiger partial charge is 0.497 e. The molecule has 0 aliphatic carbocycles. The zero-order valence-electron chi connectivity index (χ0n) is 24.1. The van der Waals surface area contributed by atoms with Crippen LogP contribution < -0.4 is 4.74 Å². The van der Waals surface area contributed by atoms with Crippen LogP contribution in [-0.4, -0.2) is 74.9 Å². The van der Waals surface area contributed by atoms with E-state index >= 15 is 0 Å². The van der Waals surface area contributed by atoms with Gasteiger partial charge in [0.15, 0.2) is 5.16 Å². The topological polar surface area (TPSA) is 80.6 Å². The number of methoxy groups -OCH3 is 1. The number of hydrogen-bond donors (Lipinski definition) is 0. The fourth-order valence-corrected chi connectivity index (χ4v) is 6.59. The molecule has 1 fully saturated rings. The maximum atomic E-state index is 13.1. The summed E-state index contributed by atoms with van der Waals surface area (Å²) < 4.78 is 7.41. The van der Waals surface area contributed by atoms with Crippen molar-refractivity contribution in [2.45, 2.75) is 37.4 Å². The van der Waals surface area contributed by atoms with Crippen molar-refractivity contribution in [1.29, 1.82) is 0 Å². The number of carbonyl (C=O) groups excluding carboxylic acids is 2. The summed E-state index contributed by atoms with van der Waals surface area (Å²) in [6.45, 7) is 3.39. The Balaban J connectivity index is 1.17. The SMILES string of the molecule is COc1ccc(-n2c(Cc3ccccc3)nnc2SCCCC(=O)N2CCN(C(=O)c3cc(Cl)cc(Cl)c3)C(C)C2)cc1. The Morgan fingerprint density at radius 3 is 2.37 bits per heavy atom. The van der Waals surface area contributed by atoms with Gasteiger partial charge >= 0.3 is 0 Å². The van der Waals surface area contributed by atoms with Gasteiger partial charge in [-0.3, -0.25) is 14.2 Å². The van der Waals surface area contributed by atoms with Crippen molar-refractivity contribution in [3.05, 3.63) is 99.8 Å². The average Bonchev–Trinajstić information content (AvgIpc) is 3.40. The minimum absolute atomic E-state index is 0.0896. The van der Waals surface area contributed by atoms with Crippen LogP contribution in [0.2, 0.25) is 10.0 Å². The second kappa shape index (κ2) is 14.3. The minimum atomic E-state index is -0.131. The zero-order chi connectivity index (χ0) is 30.3. The first kappa shape index (κ1) is 30.9. The van der Waals surface area contributed by atoms with Crippen LogP contribution in [0.15, 0.2) is 78.0 Å². The number of piperazine rings is 1. The number of thioether (sulfide) groups is 1. The molecule has 4 aromatic rings. The molecule has 5 rings (SSSR count). The molecule has 1 aliphatic rings. The van der Waals surface area contributed by atoms with Crippen LogP contribution in [0.4, 0.5) is 0 Å². The van der Waals surface area contributed by atoms with Gasteiger partial charge in [0.1, 0.15) is 11.6 Å². The number of hydrogen-bond acceptors (Lipinski definition) is 6. The molecule has 2 amide bonds. The molecule has 8 nitrogen and oxygen atoms in total. The van der Waals surface area contributed by atoms with E-state index in [-0.39, 0.29) is 17.9 Å². The van der Waals surface area contributed by atoms with Crippen LogP contribution in [0.5, 0.6) is 5.75 Å². The van der Waals surface area contributed by atoms with Gasteiger partial charge in [-0.25, -0.2) is 0 Å². The first-order valence-corrected chi connectivity index (χ1v) is 15.9. The Bertz CT molecular complexity index is 1540. The zero-order valence-corrected chi connectivity index (χ0v) is 26.4. The Labute approximate surface area is 265 Å². The van der Waals surface area contributed by atoms with Gasteiger partial charge in [-0.1, -0.05) is 65.3 Å². The summed E-state index contributed by atoms with van der Waals surface area (Å²) in [5, 5.41) is 10.6. The average molecular weight is 639 g/mol. The van der Waals surface area contributed by atoms with Gasteiger partial charge < -0.3 is 14.5 Å². The minimum Gasteiger partial charge on any atom is -0.497 e. The third kappa shape index (κ3) is 7.71. The van der Waals surface area contributed by atoms with Crippen molar-refractivity contribution < 1.29 is 14.3 Å². The van der Waals surface area contributed by atoms with Crippen molar-refractivity contribution in [2.75, 3.05) is 32.5 Å². The third-order valence-corrected chi connectivity index (χ3v) is 8.80. The number of halogens is 2. The number of benzene rings is 3. The lowest BCUT2D eigenvalue weighted by Crippen LogP contribution is -2.55. The molecule has 224 valence electrons. The van der Waals surface area contributed by atoms with E-state index in [0.29, 0.717) is 54.5 Å². The van der Waals surface area contributed by atoms with Gasteiger partial charge in [0, 0.05) is 65.6 Å². The molecule has 1 atom stereocenters. The maximum absolute atomic E-state index is 13.1. The van der Waals surface area contributed by atoms with E-state index in [1.807, 2.05) is 54.3 Å². The Kier molecular flexibility index (Phi) is 10.3. The molecule has 3 aromatic carbocycles. The lowest BCUT2D eigenvalue weighted by atomic mass is 10.1. The summed E-state index contributed by atoms with van der Waals surface area (Å²) in [5.41, 5.74) is 2.56. The smallest absolute Gasteiger partial charge is 0.254 e. The van der Waals surface area contributed by atoms with Crippen LogP contribution in [-0.2, 0) is 11.2 Å². The van der Waals surface area contributed by atoms with E-state index < -0.39 is 0 Å². The summed E-state index contributed by atoms with van der Waals surface area (Å²) in [5.74, 6) is 2.30. The Hall–Kier alpha value is -3.53. The molecule has 1 saturated heterocycles. The normalized spacial score (nSPS) is 15.0. The van der Waals surface area contributed by atoms with Crippen LogP contribution in [0.25, 0.3) is 5.69 Å². The van der Waals surface area contributed by atoms with E-state index in [1.54, 1.807) is 42.0 Å². The maximum Gasteiger partial charge on any atom is 0.254 e. The highest BCUT2D eigenvalue weighted by molar-refractivity contribution is 7.99. The van der Waals surface area contributed by atoms with Gasteiger partial charge in [0.05, 0.1) is 7.11 Å². The molecular weight excluding hydrogens is 605 g/mol. The summed E-state index contributed by atoms with van der Waals surface area (Å²) >= 11 is 13.8. The number of rotatable bonds is 10. The van der Waals surface area contributed by atoms with Crippen molar-refractivity contribution >= 4 is 46.8 Å². The highest BCUT2D eigenvalue weighted by Gasteiger charge is 2.30. The van der Waals surface area contributed by atoms with Gasteiger partial charge in [0.25, 0.3) is 5.91 Å². The van der Waals surface area contributed by atoms with Crippen molar-refractivity contribution in [2.24, 2.45) is 0 Å². The van der Waals surface area contributed by atoms with Crippen LogP contribution in [0.1, 0.15) is 41.5 Å². The summed E-state index contributed by atoms with van der Waals surface area (Å²) in [7, 11) is 1.65. The number of aromatic nitrogens is 3. The first-order valence-electron chi connectivity index (χ1n) is 14.1. The molecule has 0 N–H and O–H groups in total. The monoisotopic (exact) mass is 637 g/mol. The molecule has 0 bridgehead atoms. The van der Waals surface area contributed by atoms with Gasteiger partial charge in [-0.05, 0) is 61.4 Å². The Morgan fingerprint density at radius 1 is 0.977 bits per heavy atom. The van der Waals surface area contributed by atoms with E-state index in [2.05, 4.69) is 26.9 Å². The lowest BCUT2D eigenvalue weighted by molar-refractivity contribution is -0.133. The molecule has 43 heavy (non-hydrogen) atoms. The summed E-state index contributed by atoms with van der Waals surface area (Å²) in [6, 6.07) is 22.8. The highest BCUT2D eigenvalue weighted by atomic mass is 35.5.